The highest BCUT2D eigenvalue weighted by molar-refractivity contribution is 7.91. The number of hydrogen-bond acceptors (Lipinski definition) is 8. The standard InChI is InChI=1S/C9H15N3O5S2/c1-18(13,14)6-8-11-9(17-12-8)4-7-5-19(15,16)3-2-10-7/h7,10H,2-6H2,1H3. The summed E-state index contributed by atoms with van der Waals surface area (Å²) in [6.45, 7) is 0.400. The van der Waals surface area contributed by atoms with Crippen LogP contribution in [-0.4, -0.2) is 57.3 Å². The predicted octanol–water partition coefficient (Wildman–Crippen LogP) is -1.46. The highest BCUT2D eigenvalue weighted by atomic mass is 32.2. The summed E-state index contributed by atoms with van der Waals surface area (Å²) in [5.41, 5.74) is 0. The molecule has 1 N–H and O–H groups in total. The molecule has 2 heterocycles. The maximum atomic E-state index is 11.5. The normalized spacial score (nSPS) is 23.3. The lowest BCUT2D eigenvalue weighted by atomic mass is 10.2. The van der Waals surface area contributed by atoms with E-state index in [1.54, 1.807) is 0 Å². The van der Waals surface area contributed by atoms with Gasteiger partial charge in [0.05, 0.1) is 11.5 Å². The Morgan fingerprint density at radius 3 is 2.84 bits per heavy atom. The maximum Gasteiger partial charge on any atom is 0.228 e. The Morgan fingerprint density at radius 1 is 1.47 bits per heavy atom. The Hall–Kier alpha value is -1.00. The van der Waals surface area contributed by atoms with Crippen LogP contribution >= 0.6 is 0 Å². The van der Waals surface area contributed by atoms with Crippen LogP contribution in [0.25, 0.3) is 0 Å². The topological polar surface area (TPSA) is 119 Å². The van der Waals surface area contributed by atoms with Crippen molar-refractivity contribution in [1.82, 2.24) is 15.5 Å². The van der Waals surface area contributed by atoms with E-state index in [2.05, 4.69) is 15.5 Å². The molecule has 1 aromatic rings. The number of rotatable bonds is 4. The molecule has 1 aromatic heterocycles. The van der Waals surface area contributed by atoms with E-state index in [-0.39, 0.29) is 41.4 Å². The van der Waals surface area contributed by atoms with E-state index in [9.17, 15) is 16.8 Å². The number of nitrogens with zero attached hydrogens (tertiary/aromatic N) is 2. The van der Waals surface area contributed by atoms with Gasteiger partial charge >= 0.3 is 0 Å². The van der Waals surface area contributed by atoms with Gasteiger partial charge < -0.3 is 9.84 Å². The molecule has 1 aliphatic rings. The van der Waals surface area contributed by atoms with Crippen molar-refractivity contribution in [1.29, 1.82) is 0 Å². The molecule has 0 saturated carbocycles. The van der Waals surface area contributed by atoms with Crippen LogP contribution in [0.1, 0.15) is 11.7 Å². The Balaban J connectivity index is 2.00. The minimum Gasteiger partial charge on any atom is -0.339 e. The second-order valence-corrected chi connectivity index (χ2v) is 9.01. The molecule has 0 amide bonds. The zero-order valence-electron chi connectivity index (χ0n) is 10.4. The minimum absolute atomic E-state index is 0.0246. The van der Waals surface area contributed by atoms with Gasteiger partial charge in [-0.25, -0.2) is 16.8 Å². The second kappa shape index (κ2) is 5.17. The highest BCUT2D eigenvalue weighted by Crippen LogP contribution is 2.09. The average molecular weight is 309 g/mol. The third kappa shape index (κ3) is 4.55. The monoisotopic (exact) mass is 309 g/mol. The van der Waals surface area contributed by atoms with Crippen molar-refractivity contribution in [3.63, 3.8) is 0 Å². The van der Waals surface area contributed by atoms with E-state index < -0.39 is 19.7 Å². The smallest absolute Gasteiger partial charge is 0.228 e. The predicted molar refractivity (Wildman–Crippen MR) is 67.0 cm³/mol. The molecule has 0 aliphatic carbocycles. The molecular weight excluding hydrogens is 294 g/mol. The van der Waals surface area contributed by atoms with Gasteiger partial charge in [0.2, 0.25) is 5.89 Å². The second-order valence-electron chi connectivity index (χ2n) is 4.64. The first-order valence-corrected chi connectivity index (χ1v) is 9.55. The molecule has 1 aliphatic heterocycles. The average Bonchev–Trinajstić information content (AvgIpc) is 2.61. The van der Waals surface area contributed by atoms with Crippen LogP contribution in [-0.2, 0) is 31.8 Å². The summed E-state index contributed by atoms with van der Waals surface area (Å²) in [5.74, 6) is 0.209. The lowest BCUT2D eigenvalue weighted by molar-refractivity contribution is 0.358. The van der Waals surface area contributed by atoms with Crippen LogP contribution in [0.15, 0.2) is 4.52 Å². The van der Waals surface area contributed by atoms with E-state index in [0.29, 0.717) is 6.54 Å². The van der Waals surface area contributed by atoms with Crippen LogP contribution in [0.5, 0.6) is 0 Å². The molecule has 108 valence electrons. The first-order valence-electron chi connectivity index (χ1n) is 5.66. The van der Waals surface area contributed by atoms with Crippen molar-refractivity contribution in [2.75, 3.05) is 24.3 Å². The number of hydrogen-bond donors (Lipinski definition) is 1. The Kier molecular flexibility index (Phi) is 3.92. The zero-order chi connectivity index (χ0) is 14.1. The van der Waals surface area contributed by atoms with Gasteiger partial charge in [0.15, 0.2) is 25.5 Å². The summed E-state index contributed by atoms with van der Waals surface area (Å²) < 4.78 is 50.0. The van der Waals surface area contributed by atoms with Crippen LogP contribution in [0.2, 0.25) is 0 Å². The van der Waals surface area contributed by atoms with Crippen LogP contribution in [0.4, 0.5) is 0 Å². The summed E-state index contributed by atoms with van der Waals surface area (Å²) in [7, 11) is -6.23. The maximum absolute atomic E-state index is 11.5. The Morgan fingerprint density at radius 2 is 2.21 bits per heavy atom. The molecule has 2 rings (SSSR count). The molecule has 0 bridgehead atoms. The molecule has 0 aromatic carbocycles. The Bertz CT molecular complexity index is 649. The first kappa shape index (κ1) is 14.4. The third-order valence-electron chi connectivity index (χ3n) is 2.62. The largest absolute Gasteiger partial charge is 0.339 e. The number of aromatic nitrogens is 2. The van der Waals surface area contributed by atoms with Crippen LogP contribution in [0, 0.1) is 0 Å². The summed E-state index contributed by atoms with van der Waals surface area (Å²) in [6.07, 6.45) is 1.36. The van der Waals surface area contributed by atoms with Gasteiger partial charge in [-0.1, -0.05) is 5.16 Å². The molecule has 1 unspecified atom stereocenters. The van der Waals surface area contributed by atoms with Gasteiger partial charge in [0, 0.05) is 25.3 Å². The van der Waals surface area contributed by atoms with Crippen LogP contribution in [0.3, 0.4) is 0 Å². The van der Waals surface area contributed by atoms with Crippen molar-refractivity contribution in [3.8, 4) is 0 Å². The van der Waals surface area contributed by atoms with Gasteiger partial charge in [-0.15, -0.1) is 0 Å². The summed E-state index contributed by atoms with van der Waals surface area (Å²) >= 11 is 0. The molecule has 1 fully saturated rings. The lowest BCUT2D eigenvalue weighted by Gasteiger charge is -2.21. The van der Waals surface area contributed by atoms with Gasteiger partial charge in [0.1, 0.15) is 5.75 Å². The van der Waals surface area contributed by atoms with Gasteiger partial charge in [-0.3, -0.25) is 0 Å². The van der Waals surface area contributed by atoms with Crippen molar-refractivity contribution in [2.45, 2.75) is 18.2 Å². The van der Waals surface area contributed by atoms with Gasteiger partial charge in [-0.05, 0) is 0 Å². The molecule has 0 radical (unpaired) electrons. The summed E-state index contributed by atoms with van der Waals surface area (Å²) in [5, 5.41) is 6.62. The third-order valence-corrected chi connectivity index (χ3v) is 5.14. The van der Waals surface area contributed by atoms with E-state index in [4.69, 9.17) is 4.52 Å². The van der Waals surface area contributed by atoms with E-state index >= 15 is 0 Å². The lowest BCUT2D eigenvalue weighted by Crippen LogP contribution is -2.46. The number of nitrogens with one attached hydrogen (secondary N) is 1. The van der Waals surface area contributed by atoms with Gasteiger partial charge in [-0.2, -0.15) is 4.98 Å². The van der Waals surface area contributed by atoms with Crippen molar-refractivity contribution < 1.29 is 21.4 Å². The molecule has 10 heteroatoms. The van der Waals surface area contributed by atoms with E-state index in [1.165, 1.54) is 0 Å². The molecule has 19 heavy (non-hydrogen) atoms. The molecule has 1 atom stereocenters. The van der Waals surface area contributed by atoms with E-state index in [1.807, 2.05) is 0 Å². The molecule has 1 saturated heterocycles. The molecule has 0 spiro atoms. The van der Waals surface area contributed by atoms with Gasteiger partial charge in [0.25, 0.3) is 0 Å². The molecular formula is C9H15N3O5S2. The fourth-order valence-corrected chi connectivity index (χ4v) is 3.91. The zero-order valence-corrected chi connectivity index (χ0v) is 12.0. The summed E-state index contributed by atoms with van der Waals surface area (Å²) in [4.78, 5) is 3.95. The van der Waals surface area contributed by atoms with Crippen molar-refractivity contribution >= 4 is 19.7 Å². The summed E-state index contributed by atoms with van der Waals surface area (Å²) in [6, 6.07) is -0.273. The minimum atomic E-state index is -3.21. The van der Waals surface area contributed by atoms with Crippen LogP contribution < -0.4 is 5.32 Å². The van der Waals surface area contributed by atoms with Crippen molar-refractivity contribution in [3.05, 3.63) is 11.7 Å². The SMILES string of the molecule is CS(=O)(=O)Cc1noc(CC2CS(=O)(=O)CCN2)n1. The fourth-order valence-electron chi connectivity index (χ4n) is 1.88. The highest BCUT2D eigenvalue weighted by Gasteiger charge is 2.26. The quantitative estimate of drug-likeness (QED) is 0.717. The first-order chi connectivity index (χ1) is 8.73. The fraction of sp³-hybridized carbons (Fsp3) is 0.778. The number of sulfone groups is 2. The van der Waals surface area contributed by atoms with Crippen molar-refractivity contribution in [2.24, 2.45) is 0 Å². The Labute approximate surface area is 111 Å². The molecule has 8 nitrogen and oxygen atoms in total. The van der Waals surface area contributed by atoms with E-state index in [0.717, 1.165) is 6.26 Å².